The predicted molar refractivity (Wildman–Crippen MR) is 241 cm³/mol. The average Bonchev–Trinajstić information content (AvgIpc) is 3.56. The van der Waals surface area contributed by atoms with E-state index in [2.05, 4.69) is 26.0 Å². The van der Waals surface area contributed by atoms with Crippen LogP contribution in [0, 0.1) is 11.8 Å². The quantitative estimate of drug-likeness (QED) is 0.0222. The normalized spacial score (nSPS) is 21.1. The number of primary amides is 1. The van der Waals surface area contributed by atoms with E-state index < -0.39 is 84.7 Å². The number of urea groups is 1. The molecule has 24 heteroatoms. The van der Waals surface area contributed by atoms with Gasteiger partial charge in [0.25, 0.3) is 6.45 Å². The van der Waals surface area contributed by atoms with Gasteiger partial charge in [0, 0.05) is 45.2 Å². The van der Waals surface area contributed by atoms with E-state index in [1.165, 1.54) is 4.90 Å². The third kappa shape index (κ3) is 21.5. The molecule has 2 aliphatic heterocycles. The number of carbonyl (C=O) groups excluding carboxylic acids is 10. The van der Waals surface area contributed by atoms with Crippen molar-refractivity contribution in [1.29, 1.82) is 0 Å². The molecule has 8 atom stereocenters. The number of Topliss-reactive ketones (excluding diaryl/α,β-unsaturated/α-hetero) is 2. The van der Waals surface area contributed by atoms with Crippen LogP contribution in [-0.4, -0.2) is 162 Å². The molecule has 2 aliphatic rings. The number of esters is 1. The number of ether oxygens (including phenoxy) is 5. The van der Waals surface area contributed by atoms with Gasteiger partial charge in [0.05, 0.1) is 26.4 Å². The fraction of sp³-hybridized carbons (Fsp3) is 0.644. The van der Waals surface area contributed by atoms with E-state index in [4.69, 9.17) is 27.4 Å². The van der Waals surface area contributed by atoms with Crippen LogP contribution in [0.25, 0.3) is 0 Å². The molecule has 1 aromatic carbocycles. The van der Waals surface area contributed by atoms with Crippen molar-refractivity contribution in [2.75, 3.05) is 44.8 Å². The molecular weight excluding hydrogens is 913 g/mol. The first-order valence-corrected chi connectivity index (χ1v) is 22.5. The van der Waals surface area contributed by atoms with Crippen LogP contribution in [0.1, 0.15) is 94.3 Å². The minimum absolute atomic E-state index is 0.0577. The first-order valence-electron chi connectivity index (χ1n) is 23.7. The van der Waals surface area contributed by atoms with E-state index in [1.54, 1.807) is 52.0 Å². The summed E-state index contributed by atoms with van der Waals surface area (Å²) in [5.74, 6) is -4.39. The second kappa shape index (κ2) is 31.3. The third-order valence-corrected chi connectivity index (χ3v) is 10.4. The Hall–Kier alpha value is -5.92. The summed E-state index contributed by atoms with van der Waals surface area (Å²) in [5, 5.41) is 39.9. The van der Waals surface area contributed by atoms with E-state index in [0.29, 0.717) is 24.1 Å². The van der Waals surface area contributed by atoms with Crippen LogP contribution in [0.15, 0.2) is 24.3 Å². The van der Waals surface area contributed by atoms with Gasteiger partial charge >= 0.3 is 12.0 Å². The van der Waals surface area contributed by atoms with Crippen LogP contribution in [0.4, 0.5) is 10.5 Å². The molecule has 0 aliphatic carbocycles. The largest absolute Gasteiger partial charge is 0.463 e. The number of benzene rings is 1. The smallest absolute Gasteiger partial charge is 0.312 e. The average molecular weight is 983 g/mol. The molecule has 0 aromatic heterocycles. The molecule has 69 heavy (non-hydrogen) atoms. The van der Waals surface area contributed by atoms with E-state index in [0.717, 1.165) is 0 Å². The summed E-state index contributed by atoms with van der Waals surface area (Å²) in [6.45, 7) is 6.71. The molecule has 7 amide bonds. The van der Waals surface area contributed by atoms with Gasteiger partial charge in [-0.25, -0.2) is 4.79 Å². The maximum atomic E-state index is 13.3. The maximum absolute atomic E-state index is 13.3. The van der Waals surface area contributed by atoms with Crippen molar-refractivity contribution in [3.8, 4) is 0 Å². The second-order valence-electron chi connectivity index (χ2n) is 16.5. The molecule has 24 nitrogen and oxygen atoms in total. The summed E-state index contributed by atoms with van der Waals surface area (Å²) in [6, 6.07) is 3.56. The van der Waals surface area contributed by atoms with Gasteiger partial charge in [0.1, 0.15) is 55.5 Å². The Balaban J connectivity index is 0.000000603. The summed E-state index contributed by atoms with van der Waals surface area (Å²) in [5.41, 5.74) is 6.10. The fourth-order valence-corrected chi connectivity index (χ4v) is 6.67. The Morgan fingerprint density at radius 3 is 2.25 bits per heavy atom. The Kier molecular flexibility index (Phi) is 25.2. The summed E-state index contributed by atoms with van der Waals surface area (Å²) in [6.07, 6.45) is -7.75. The lowest BCUT2D eigenvalue weighted by Crippen LogP contribution is -2.60. The van der Waals surface area contributed by atoms with Crippen molar-refractivity contribution in [1.82, 2.24) is 20.9 Å². The van der Waals surface area contributed by atoms with E-state index in [1.807, 2.05) is 0 Å². The first kappa shape index (κ1) is 55.7. The van der Waals surface area contributed by atoms with Crippen LogP contribution in [-0.2, 0) is 73.4 Å². The van der Waals surface area contributed by atoms with Crippen LogP contribution in [0.2, 0.25) is 0 Å². The molecule has 0 saturated carbocycles. The number of hydrogen-bond acceptors (Lipinski definition) is 18. The van der Waals surface area contributed by atoms with Crippen molar-refractivity contribution >= 4 is 65.2 Å². The van der Waals surface area contributed by atoms with Gasteiger partial charge in [0.2, 0.25) is 35.8 Å². The highest BCUT2D eigenvalue weighted by atomic mass is 16.7. The maximum Gasteiger partial charge on any atom is 0.312 e. The topological polar surface area (TPSA) is 355 Å². The van der Waals surface area contributed by atoms with Crippen molar-refractivity contribution in [3.05, 3.63) is 29.8 Å². The van der Waals surface area contributed by atoms with Crippen LogP contribution in [0.5, 0.6) is 0 Å². The summed E-state index contributed by atoms with van der Waals surface area (Å²) >= 11 is 0. The third-order valence-electron chi connectivity index (χ3n) is 10.4. The molecule has 1 aromatic rings. The number of hydrogen-bond donors (Lipinski definition) is 8. The number of nitrogens with zero attached hydrogens (tertiary/aromatic N) is 1. The van der Waals surface area contributed by atoms with Gasteiger partial charge in [-0.05, 0) is 56.2 Å². The van der Waals surface area contributed by atoms with E-state index in [9.17, 15) is 63.3 Å². The van der Waals surface area contributed by atoms with Gasteiger partial charge in [-0.1, -0.05) is 39.8 Å². The molecule has 9 N–H and O–H groups in total. The Morgan fingerprint density at radius 2 is 1.64 bits per heavy atom. The zero-order valence-electron chi connectivity index (χ0n) is 41.3. The highest BCUT2D eigenvalue weighted by Gasteiger charge is 2.48. The molecule has 3 rings (SSSR count). The van der Waals surface area contributed by atoms with Gasteiger partial charge in [-0.2, -0.15) is 0 Å². The number of amides is 7. The number of anilines is 1. The van der Waals surface area contributed by atoms with Crippen molar-refractivity contribution in [3.63, 3.8) is 0 Å². The summed E-state index contributed by atoms with van der Waals surface area (Å²) < 4.78 is 39.1. The number of carbonyl (C=O) groups is 10. The molecule has 0 bridgehead atoms. The number of nitrogens with one attached hydrogen (secondary N) is 4. The van der Waals surface area contributed by atoms with Gasteiger partial charge < -0.3 is 70.8 Å². The molecule has 386 valence electrons. The number of rotatable bonds is 28. The zero-order chi connectivity index (χ0) is 53.2. The van der Waals surface area contributed by atoms with Gasteiger partial charge in [-0.3, -0.25) is 43.3 Å². The SMILES string of the molecule is [2H]C(=O)OCc1ccc(NC(=O)[C@H](CCCNC(N)=O)NC(=O)[C@@H](NC(=O)COCCOCCN2C(=O)CC(C)C2=O)C(C)C)cc1.[2H]CC(=O)CCCC(=O)O[C@@H]1O[C@H](C(=O)CCC)[C@@H](O)[C@H](O)[C@H]1O. The molecule has 2 heterocycles. The molecule has 1 unspecified atom stereocenters. The molecule has 2 saturated heterocycles. The highest BCUT2D eigenvalue weighted by Crippen LogP contribution is 2.24. The van der Waals surface area contributed by atoms with E-state index in [-0.39, 0.29) is 121 Å². The highest BCUT2D eigenvalue weighted by molar-refractivity contribution is 6.03. The molecular formula is C45H68N6O18. The van der Waals surface area contributed by atoms with Crippen LogP contribution >= 0.6 is 0 Å². The number of likely N-dealkylation sites (tertiary alicyclic amines) is 1. The number of nitrogens with two attached hydrogens (primary N) is 1. The minimum atomic E-state index is -1.69. The number of imide groups is 1. The van der Waals surface area contributed by atoms with Gasteiger partial charge in [-0.15, -0.1) is 0 Å². The van der Waals surface area contributed by atoms with Crippen LogP contribution in [0.3, 0.4) is 0 Å². The van der Waals surface area contributed by atoms with Crippen molar-refractivity contribution < 1.29 is 89.7 Å². The molecule has 0 spiro atoms. The number of aliphatic hydroxyl groups is 3. The first-order chi connectivity index (χ1) is 33.6. The van der Waals surface area contributed by atoms with Crippen molar-refractivity contribution in [2.45, 2.75) is 135 Å². The Bertz CT molecular complexity index is 1960. The molecule has 2 fully saturated rings. The standard InChI is InChI=1S/C30H44N6O10.C15H24O8/c1-19(2)26(35-24(38)17-45-14-13-44-12-11-36-25(39)15-20(3)29(36)42)28(41)34-23(5-4-10-32-30(31)43)27(40)33-22-8-6-21(7-9-22)16-46-18-37;1-3-5-9(17)14-12(20)11(19)13(21)15(23-14)22-10(18)7-4-6-8(2)16/h6-9,18-20,23,26H,4-5,10-17H2,1-3H3,(H,33,40)(H,34,41)(H,35,38)(H3,31,32,43);11-15,19-21H,3-7H2,1-2H3/t20?,23-,26-;11-,12-,13+,14+,15+/m00/s1/i18D;2D. The Morgan fingerprint density at radius 1 is 0.942 bits per heavy atom. The summed E-state index contributed by atoms with van der Waals surface area (Å²) in [7, 11) is 0. The monoisotopic (exact) mass is 982 g/mol. The lowest BCUT2D eigenvalue weighted by molar-refractivity contribution is -0.282. The summed E-state index contributed by atoms with van der Waals surface area (Å²) in [4.78, 5) is 120. The second-order valence-corrected chi connectivity index (χ2v) is 16.5. The predicted octanol–water partition coefficient (Wildman–Crippen LogP) is -0.734. The lowest BCUT2D eigenvalue weighted by Gasteiger charge is -2.39. The van der Waals surface area contributed by atoms with Crippen LogP contribution < -0.4 is 27.0 Å². The van der Waals surface area contributed by atoms with Gasteiger partial charge in [0.15, 0.2) is 7.15 Å². The van der Waals surface area contributed by atoms with Crippen molar-refractivity contribution in [2.24, 2.45) is 17.6 Å². The number of aliphatic hydroxyl groups excluding tert-OH is 3. The number of ketones is 2. The Labute approximate surface area is 402 Å². The molecule has 0 radical (unpaired) electrons. The fourth-order valence-electron chi connectivity index (χ4n) is 6.67. The lowest BCUT2D eigenvalue weighted by atomic mass is 9.94. The van der Waals surface area contributed by atoms with E-state index >= 15 is 0 Å². The minimum Gasteiger partial charge on any atom is -0.463 e. The zero-order valence-corrected chi connectivity index (χ0v) is 39.3.